The average Bonchev–Trinajstić information content (AvgIpc) is 3.21. The van der Waals surface area contributed by atoms with Crippen LogP contribution in [0.1, 0.15) is 56.6 Å². The van der Waals surface area contributed by atoms with Crippen LogP contribution in [0.25, 0.3) is 61.3 Å². The minimum absolute atomic E-state index is 0.0411. The van der Waals surface area contributed by atoms with Crippen LogP contribution >= 0.6 is 0 Å². The van der Waals surface area contributed by atoms with Crippen LogP contribution in [0.2, 0.25) is 0 Å². The molecule has 9 rings (SSSR count). The molecule has 51 heavy (non-hydrogen) atoms. The Hall–Kier alpha value is -5.67. The monoisotopic (exact) mass is 659 g/mol. The van der Waals surface area contributed by atoms with Crippen molar-refractivity contribution in [3.63, 3.8) is 0 Å². The highest BCUT2D eigenvalue weighted by atomic mass is 15.0. The van der Waals surface area contributed by atoms with E-state index in [9.17, 15) is 0 Å². The summed E-state index contributed by atoms with van der Waals surface area (Å²) in [6.07, 6.45) is 12.2. The van der Waals surface area contributed by atoms with Gasteiger partial charge in [0, 0.05) is 22.1 Å². The summed E-state index contributed by atoms with van der Waals surface area (Å²) in [6.45, 7) is 2.44. The first-order valence-corrected chi connectivity index (χ1v) is 18.5. The summed E-state index contributed by atoms with van der Waals surface area (Å²) in [5.74, 6) is 2.54. The third-order valence-electron chi connectivity index (χ3n) is 11.3. The molecule has 1 heterocycles. The van der Waals surface area contributed by atoms with E-state index >= 15 is 0 Å². The SMILES string of the molecule is CC1CC(c2cccc3ccccc23)=CC=C1C1(c2ccc(-c3nc(-c4ccccc4)nc(-c4cccc5ccccc45)n3)cc2)CCCCC1. The first-order chi connectivity index (χ1) is 25.2. The zero-order valence-electron chi connectivity index (χ0n) is 29.1. The molecule has 0 radical (unpaired) electrons. The van der Waals surface area contributed by atoms with Crippen molar-refractivity contribution in [1.82, 2.24) is 15.0 Å². The van der Waals surface area contributed by atoms with Gasteiger partial charge in [-0.25, -0.2) is 15.0 Å². The van der Waals surface area contributed by atoms with E-state index in [1.54, 1.807) is 5.57 Å². The molecule has 0 saturated heterocycles. The molecule has 0 amide bonds. The van der Waals surface area contributed by atoms with Gasteiger partial charge in [0.25, 0.3) is 0 Å². The molecule has 1 aromatic heterocycles. The van der Waals surface area contributed by atoms with Gasteiger partial charge in [0.1, 0.15) is 0 Å². The van der Waals surface area contributed by atoms with Crippen LogP contribution in [0.5, 0.6) is 0 Å². The molecule has 3 nitrogen and oxygen atoms in total. The lowest BCUT2D eigenvalue weighted by atomic mass is 9.60. The first kappa shape index (κ1) is 31.3. The Morgan fingerprint density at radius 1 is 0.490 bits per heavy atom. The largest absolute Gasteiger partial charge is 0.208 e. The van der Waals surface area contributed by atoms with Gasteiger partial charge in [-0.1, -0.05) is 183 Å². The molecule has 7 aromatic rings. The molecule has 248 valence electrons. The van der Waals surface area contributed by atoms with Crippen molar-refractivity contribution < 1.29 is 0 Å². The van der Waals surface area contributed by atoms with Gasteiger partial charge in [-0.05, 0) is 63.4 Å². The van der Waals surface area contributed by atoms with Crippen molar-refractivity contribution in [2.75, 3.05) is 0 Å². The third kappa shape index (κ3) is 5.77. The Bertz CT molecular complexity index is 2420. The standard InChI is InChI=1S/C48H41N3/c1-33-32-38(42-22-12-18-34-14-6-8-20-40(34)42)26-29-44(33)48(30-10-3-11-31-48)39-27-24-37(25-28-39)46-49-45(36-16-4-2-5-17-36)50-47(51-46)43-23-13-19-35-15-7-9-21-41(35)43/h2,4-9,12-29,33H,3,10-11,30-32H2,1H3. The van der Waals surface area contributed by atoms with Crippen LogP contribution in [0, 0.1) is 5.92 Å². The number of nitrogens with zero attached hydrogens (tertiary/aromatic N) is 3. The summed E-state index contributed by atoms with van der Waals surface area (Å²) < 4.78 is 0. The predicted molar refractivity (Wildman–Crippen MR) is 212 cm³/mol. The third-order valence-corrected chi connectivity index (χ3v) is 11.3. The smallest absolute Gasteiger partial charge is 0.164 e. The molecule has 1 saturated carbocycles. The van der Waals surface area contributed by atoms with Gasteiger partial charge in [0.15, 0.2) is 17.5 Å². The normalized spacial score (nSPS) is 17.2. The highest BCUT2D eigenvalue weighted by Crippen LogP contribution is 2.51. The molecule has 1 fully saturated rings. The summed E-state index contributed by atoms with van der Waals surface area (Å²) in [4.78, 5) is 15.2. The predicted octanol–water partition coefficient (Wildman–Crippen LogP) is 12.4. The molecule has 0 N–H and O–H groups in total. The maximum Gasteiger partial charge on any atom is 0.164 e. The van der Waals surface area contributed by atoms with E-state index in [0.29, 0.717) is 23.4 Å². The summed E-state index contributed by atoms with van der Waals surface area (Å²) in [5.41, 5.74) is 8.86. The summed E-state index contributed by atoms with van der Waals surface area (Å²) in [6, 6.07) is 49.7. The fraction of sp³-hybridized carbons (Fsp3) is 0.188. The van der Waals surface area contributed by atoms with Crippen molar-refractivity contribution in [3.05, 3.63) is 168 Å². The van der Waals surface area contributed by atoms with E-state index in [-0.39, 0.29) is 5.41 Å². The Morgan fingerprint density at radius 3 is 1.71 bits per heavy atom. The fourth-order valence-electron chi connectivity index (χ4n) is 8.80. The second-order valence-corrected chi connectivity index (χ2v) is 14.4. The number of benzene rings is 6. The quantitative estimate of drug-likeness (QED) is 0.178. The number of hydrogen-bond acceptors (Lipinski definition) is 3. The molecular formula is C48H41N3. The number of aromatic nitrogens is 3. The second kappa shape index (κ2) is 13.2. The van der Waals surface area contributed by atoms with E-state index in [4.69, 9.17) is 15.0 Å². The number of hydrogen-bond donors (Lipinski definition) is 0. The zero-order chi connectivity index (χ0) is 34.2. The van der Waals surface area contributed by atoms with E-state index in [1.165, 1.54) is 65.0 Å². The van der Waals surface area contributed by atoms with Crippen molar-refractivity contribution in [2.24, 2.45) is 5.92 Å². The summed E-state index contributed by atoms with van der Waals surface area (Å²) in [5, 5.41) is 4.96. The van der Waals surface area contributed by atoms with Crippen molar-refractivity contribution in [1.29, 1.82) is 0 Å². The van der Waals surface area contributed by atoms with Gasteiger partial charge in [-0.3, -0.25) is 0 Å². The van der Waals surface area contributed by atoms with Crippen LogP contribution in [0.4, 0.5) is 0 Å². The lowest BCUT2D eigenvalue weighted by Crippen LogP contribution is -2.34. The summed E-state index contributed by atoms with van der Waals surface area (Å²) >= 11 is 0. The molecule has 0 aliphatic heterocycles. The molecule has 0 bridgehead atoms. The molecule has 1 atom stereocenters. The van der Waals surface area contributed by atoms with E-state index in [2.05, 4.69) is 140 Å². The van der Waals surface area contributed by atoms with E-state index in [0.717, 1.165) is 28.5 Å². The van der Waals surface area contributed by atoms with Crippen molar-refractivity contribution >= 4 is 27.1 Å². The highest BCUT2D eigenvalue weighted by molar-refractivity contribution is 5.96. The molecule has 1 unspecified atom stereocenters. The molecular weight excluding hydrogens is 619 g/mol. The minimum atomic E-state index is 0.0411. The average molecular weight is 660 g/mol. The fourth-order valence-corrected chi connectivity index (χ4v) is 8.80. The van der Waals surface area contributed by atoms with Gasteiger partial charge in [0.2, 0.25) is 0 Å². The highest BCUT2D eigenvalue weighted by Gasteiger charge is 2.40. The molecule has 2 aliphatic rings. The van der Waals surface area contributed by atoms with Crippen LogP contribution < -0.4 is 0 Å². The molecule has 3 heteroatoms. The maximum absolute atomic E-state index is 5.13. The van der Waals surface area contributed by atoms with Gasteiger partial charge in [-0.15, -0.1) is 0 Å². The minimum Gasteiger partial charge on any atom is -0.208 e. The Morgan fingerprint density at radius 2 is 1.04 bits per heavy atom. The lowest BCUT2D eigenvalue weighted by molar-refractivity contribution is 0.316. The Balaban J connectivity index is 1.11. The Kier molecular flexibility index (Phi) is 8.12. The van der Waals surface area contributed by atoms with Crippen LogP contribution in [0.3, 0.4) is 0 Å². The molecule has 0 spiro atoms. The molecule has 6 aromatic carbocycles. The first-order valence-electron chi connectivity index (χ1n) is 18.5. The molecule has 2 aliphatic carbocycles. The topological polar surface area (TPSA) is 38.7 Å². The van der Waals surface area contributed by atoms with Crippen LogP contribution in [0.15, 0.2) is 157 Å². The number of allylic oxidation sites excluding steroid dienone is 4. The van der Waals surface area contributed by atoms with Crippen LogP contribution in [-0.4, -0.2) is 15.0 Å². The maximum atomic E-state index is 5.13. The van der Waals surface area contributed by atoms with Gasteiger partial charge in [0.05, 0.1) is 0 Å². The van der Waals surface area contributed by atoms with E-state index < -0.39 is 0 Å². The summed E-state index contributed by atoms with van der Waals surface area (Å²) in [7, 11) is 0. The van der Waals surface area contributed by atoms with Crippen molar-refractivity contribution in [3.8, 4) is 34.2 Å². The van der Waals surface area contributed by atoms with Crippen molar-refractivity contribution in [2.45, 2.75) is 50.9 Å². The van der Waals surface area contributed by atoms with E-state index in [1.807, 2.05) is 18.2 Å². The van der Waals surface area contributed by atoms with Gasteiger partial charge in [-0.2, -0.15) is 0 Å². The second-order valence-electron chi connectivity index (χ2n) is 14.4. The zero-order valence-corrected chi connectivity index (χ0v) is 29.1. The lowest BCUT2D eigenvalue weighted by Gasteiger charge is -2.44. The number of rotatable bonds is 6. The number of fused-ring (bicyclic) bond motifs is 2. The van der Waals surface area contributed by atoms with Gasteiger partial charge < -0.3 is 0 Å². The Labute approximate surface area is 300 Å². The van der Waals surface area contributed by atoms with Gasteiger partial charge >= 0.3 is 0 Å². The van der Waals surface area contributed by atoms with Crippen LogP contribution in [-0.2, 0) is 5.41 Å².